The van der Waals surface area contributed by atoms with E-state index in [9.17, 15) is 4.39 Å². The zero-order valence-electron chi connectivity index (χ0n) is 8.23. The SMILES string of the molecule is Cc1ccc(C2CCC2)c(F)c1C. The molecule has 0 amide bonds. The van der Waals surface area contributed by atoms with Crippen LogP contribution in [-0.4, -0.2) is 0 Å². The lowest BCUT2D eigenvalue weighted by molar-refractivity contribution is 0.403. The largest absolute Gasteiger partial charge is 0.206 e. The lowest BCUT2D eigenvalue weighted by atomic mass is 9.79. The van der Waals surface area contributed by atoms with Crippen LogP contribution >= 0.6 is 0 Å². The van der Waals surface area contributed by atoms with Crippen molar-refractivity contribution in [2.24, 2.45) is 0 Å². The summed E-state index contributed by atoms with van der Waals surface area (Å²) in [7, 11) is 0. The number of halogens is 1. The topological polar surface area (TPSA) is 0 Å². The minimum atomic E-state index is 0.0321. The second-order valence-electron chi connectivity index (χ2n) is 4.04. The first-order valence-electron chi connectivity index (χ1n) is 4.95. The van der Waals surface area contributed by atoms with Crippen molar-refractivity contribution in [3.05, 3.63) is 34.6 Å². The molecule has 0 aromatic heterocycles. The second kappa shape index (κ2) is 3.13. The number of hydrogen-bond acceptors (Lipinski definition) is 0. The molecule has 0 bridgehead atoms. The van der Waals surface area contributed by atoms with Gasteiger partial charge in [0, 0.05) is 0 Å². The smallest absolute Gasteiger partial charge is 0.129 e. The molecule has 2 rings (SSSR count). The number of hydrogen-bond donors (Lipinski definition) is 0. The quantitative estimate of drug-likeness (QED) is 0.615. The first-order chi connectivity index (χ1) is 6.20. The summed E-state index contributed by atoms with van der Waals surface area (Å²) in [5, 5.41) is 0. The third-order valence-corrected chi connectivity index (χ3v) is 3.23. The third-order valence-electron chi connectivity index (χ3n) is 3.23. The van der Waals surface area contributed by atoms with Crippen molar-refractivity contribution in [2.45, 2.75) is 39.0 Å². The minimum absolute atomic E-state index is 0.0321. The van der Waals surface area contributed by atoms with Gasteiger partial charge in [0.05, 0.1) is 0 Å². The van der Waals surface area contributed by atoms with E-state index >= 15 is 0 Å². The molecule has 70 valence electrons. The van der Waals surface area contributed by atoms with E-state index in [1.54, 1.807) is 0 Å². The first kappa shape index (κ1) is 8.74. The van der Waals surface area contributed by atoms with Crippen LogP contribution in [0, 0.1) is 19.7 Å². The van der Waals surface area contributed by atoms with E-state index in [1.165, 1.54) is 19.3 Å². The van der Waals surface area contributed by atoms with Gasteiger partial charge in [-0.15, -0.1) is 0 Å². The summed E-state index contributed by atoms with van der Waals surface area (Å²) in [4.78, 5) is 0. The molecule has 0 atom stereocenters. The van der Waals surface area contributed by atoms with Gasteiger partial charge in [0.25, 0.3) is 0 Å². The molecule has 13 heavy (non-hydrogen) atoms. The van der Waals surface area contributed by atoms with Crippen LogP contribution in [0.3, 0.4) is 0 Å². The predicted molar refractivity (Wildman–Crippen MR) is 52.5 cm³/mol. The van der Waals surface area contributed by atoms with Crippen molar-refractivity contribution in [3.8, 4) is 0 Å². The van der Waals surface area contributed by atoms with E-state index in [-0.39, 0.29) is 5.82 Å². The van der Waals surface area contributed by atoms with Crippen LogP contribution in [0.2, 0.25) is 0 Å². The minimum Gasteiger partial charge on any atom is -0.206 e. The molecule has 0 nitrogen and oxygen atoms in total. The maximum atomic E-state index is 13.7. The fraction of sp³-hybridized carbons (Fsp3) is 0.500. The van der Waals surface area contributed by atoms with E-state index in [0.29, 0.717) is 5.92 Å². The highest BCUT2D eigenvalue weighted by Crippen LogP contribution is 2.38. The molecule has 0 saturated heterocycles. The lowest BCUT2D eigenvalue weighted by Crippen LogP contribution is -2.11. The second-order valence-corrected chi connectivity index (χ2v) is 4.04. The van der Waals surface area contributed by atoms with Gasteiger partial charge in [-0.05, 0) is 49.3 Å². The molecule has 1 aliphatic rings. The Balaban J connectivity index is 2.41. The molecule has 1 aromatic carbocycles. The molecule has 1 aliphatic carbocycles. The Morgan fingerprint density at radius 2 is 1.92 bits per heavy atom. The van der Waals surface area contributed by atoms with Crippen LogP contribution in [0.25, 0.3) is 0 Å². The van der Waals surface area contributed by atoms with Gasteiger partial charge in [0.2, 0.25) is 0 Å². The van der Waals surface area contributed by atoms with Crippen molar-refractivity contribution < 1.29 is 4.39 Å². The van der Waals surface area contributed by atoms with E-state index in [4.69, 9.17) is 0 Å². The Morgan fingerprint density at radius 3 is 2.46 bits per heavy atom. The van der Waals surface area contributed by atoms with Crippen molar-refractivity contribution >= 4 is 0 Å². The van der Waals surface area contributed by atoms with E-state index < -0.39 is 0 Å². The van der Waals surface area contributed by atoms with Crippen LogP contribution in [0.5, 0.6) is 0 Å². The van der Waals surface area contributed by atoms with Gasteiger partial charge in [0.15, 0.2) is 0 Å². The van der Waals surface area contributed by atoms with Crippen LogP contribution in [0.1, 0.15) is 41.9 Å². The maximum absolute atomic E-state index is 13.7. The van der Waals surface area contributed by atoms with Crippen molar-refractivity contribution in [1.82, 2.24) is 0 Å². The summed E-state index contributed by atoms with van der Waals surface area (Å²) in [5.41, 5.74) is 2.82. The molecule has 1 saturated carbocycles. The molecule has 0 radical (unpaired) electrons. The van der Waals surface area contributed by atoms with Crippen LogP contribution in [0.4, 0.5) is 4.39 Å². The number of rotatable bonds is 1. The third kappa shape index (κ3) is 1.37. The average molecular weight is 178 g/mol. The van der Waals surface area contributed by atoms with Gasteiger partial charge >= 0.3 is 0 Å². The Hall–Kier alpha value is -0.850. The summed E-state index contributed by atoms with van der Waals surface area (Å²) in [5.74, 6) is 0.531. The Labute approximate surface area is 78.8 Å². The highest BCUT2D eigenvalue weighted by atomic mass is 19.1. The van der Waals surface area contributed by atoms with Gasteiger partial charge in [-0.25, -0.2) is 4.39 Å². The van der Waals surface area contributed by atoms with E-state index in [2.05, 4.69) is 0 Å². The summed E-state index contributed by atoms with van der Waals surface area (Å²) >= 11 is 0. The highest BCUT2D eigenvalue weighted by molar-refractivity contribution is 5.34. The first-order valence-corrected chi connectivity index (χ1v) is 4.95. The standard InChI is InChI=1S/C12H15F/c1-8-6-7-11(10-4-3-5-10)12(13)9(8)2/h6-7,10H,3-5H2,1-2H3. The predicted octanol–water partition coefficient (Wildman–Crippen LogP) is 3.71. The summed E-state index contributed by atoms with van der Waals surface area (Å²) < 4.78 is 13.7. The molecule has 0 heterocycles. The molecule has 0 N–H and O–H groups in total. The summed E-state index contributed by atoms with van der Waals surface area (Å²) in [6, 6.07) is 3.99. The fourth-order valence-electron chi connectivity index (χ4n) is 1.84. The Morgan fingerprint density at radius 1 is 1.23 bits per heavy atom. The highest BCUT2D eigenvalue weighted by Gasteiger charge is 2.23. The summed E-state index contributed by atoms with van der Waals surface area (Å²) in [6.07, 6.45) is 3.59. The molecule has 1 heteroatoms. The number of aryl methyl sites for hydroxylation is 1. The average Bonchev–Trinajstić information content (AvgIpc) is 2.03. The van der Waals surface area contributed by atoms with Gasteiger partial charge in [-0.1, -0.05) is 18.6 Å². The molecule has 1 fully saturated rings. The Kier molecular flexibility index (Phi) is 2.10. The molecular formula is C12H15F. The normalized spacial score (nSPS) is 17.2. The molecule has 0 unspecified atom stereocenters. The van der Waals surface area contributed by atoms with Crippen molar-refractivity contribution in [2.75, 3.05) is 0 Å². The number of benzene rings is 1. The lowest BCUT2D eigenvalue weighted by Gasteiger charge is -2.26. The molecular weight excluding hydrogens is 163 g/mol. The van der Waals surface area contributed by atoms with Gasteiger partial charge < -0.3 is 0 Å². The van der Waals surface area contributed by atoms with Crippen LogP contribution in [-0.2, 0) is 0 Å². The van der Waals surface area contributed by atoms with Crippen molar-refractivity contribution in [3.63, 3.8) is 0 Å². The molecule has 0 spiro atoms. The van der Waals surface area contributed by atoms with E-state index in [0.717, 1.165) is 16.7 Å². The zero-order valence-corrected chi connectivity index (χ0v) is 8.23. The van der Waals surface area contributed by atoms with Crippen LogP contribution < -0.4 is 0 Å². The van der Waals surface area contributed by atoms with Crippen molar-refractivity contribution in [1.29, 1.82) is 0 Å². The fourth-order valence-corrected chi connectivity index (χ4v) is 1.84. The van der Waals surface area contributed by atoms with E-state index in [1.807, 2.05) is 26.0 Å². The van der Waals surface area contributed by atoms with Gasteiger partial charge in [-0.3, -0.25) is 0 Å². The van der Waals surface area contributed by atoms with Crippen LogP contribution in [0.15, 0.2) is 12.1 Å². The monoisotopic (exact) mass is 178 g/mol. The molecule has 0 aliphatic heterocycles. The Bertz CT molecular complexity index is 324. The summed E-state index contributed by atoms with van der Waals surface area (Å²) in [6.45, 7) is 3.83. The molecule has 1 aromatic rings. The zero-order chi connectivity index (χ0) is 9.42. The van der Waals surface area contributed by atoms with Gasteiger partial charge in [0.1, 0.15) is 5.82 Å². The maximum Gasteiger partial charge on any atom is 0.129 e. The van der Waals surface area contributed by atoms with Gasteiger partial charge in [-0.2, -0.15) is 0 Å².